The van der Waals surface area contributed by atoms with E-state index in [-0.39, 0.29) is 24.0 Å². The van der Waals surface area contributed by atoms with E-state index in [9.17, 15) is 9.59 Å². The number of hydrogen-bond donors (Lipinski definition) is 3. The Bertz CT molecular complexity index is 602. The first-order chi connectivity index (χ1) is 12.0. The molecule has 0 bridgehead atoms. The van der Waals surface area contributed by atoms with Crippen LogP contribution in [-0.2, 0) is 0 Å². The smallest absolute Gasteiger partial charge is 0.319 e. The number of likely N-dealkylation sites (tertiary alicyclic amines) is 1. The first kappa shape index (κ1) is 17.7. The number of piperidine rings is 1. The van der Waals surface area contributed by atoms with Crippen molar-refractivity contribution in [2.24, 2.45) is 0 Å². The number of anilines is 1. The number of nitrogens with one attached hydrogen (secondary N) is 3. The highest BCUT2D eigenvalue weighted by Crippen LogP contribution is 2.29. The van der Waals surface area contributed by atoms with Crippen molar-refractivity contribution in [1.29, 1.82) is 0 Å². The molecule has 0 radical (unpaired) electrons. The Morgan fingerprint density at radius 2 is 1.68 bits per heavy atom. The summed E-state index contributed by atoms with van der Waals surface area (Å²) in [6, 6.07) is 7.92. The van der Waals surface area contributed by atoms with Gasteiger partial charge in [-0.3, -0.25) is 4.79 Å². The molecule has 136 valence electrons. The van der Waals surface area contributed by atoms with E-state index < -0.39 is 0 Å². The summed E-state index contributed by atoms with van der Waals surface area (Å²) in [5, 5.41) is 8.66. The Hall–Kier alpha value is -2.08. The zero-order chi connectivity index (χ0) is 17.8. The maximum absolute atomic E-state index is 12.4. The molecule has 2 aliphatic rings. The molecule has 1 saturated carbocycles. The predicted octanol–water partition coefficient (Wildman–Crippen LogP) is 2.57. The monoisotopic (exact) mass is 344 g/mol. The highest BCUT2D eigenvalue weighted by molar-refractivity contribution is 5.95. The van der Waals surface area contributed by atoms with Gasteiger partial charge < -0.3 is 20.9 Å². The summed E-state index contributed by atoms with van der Waals surface area (Å²) in [7, 11) is 0. The van der Waals surface area contributed by atoms with Crippen LogP contribution >= 0.6 is 0 Å². The fourth-order valence-corrected chi connectivity index (χ4v) is 3.25. The molecule has 3 amide bonds. The molecule has 1 heterocycles. The minimum Gasteiger partial charge on any atom is -0.349 e. The predicted molar refractivity (Wildman–Crippen MR) is 98.8 cm³/mol. The van der Waals surface area contributed by atoms with Crippen molar-refractivity contribution in [3.8, 4) is 0 Å². The SMILES string of the molecule is CC(C)NC(=O)Nc1ccc(C(=O)NC2CCN(C3CC3)CC2)cc1. The second-order valence-corrected chi connectivity index (χ2v) is 7.35. The molecule has 2 fully saturated rings. The average Bonchev–Trinajstić information content (AvgIpc) is 3.40. The number of urea groups is 1. The fraction of sp³-hybridized carbons (Fsp3) is 0.579. The van der Waals surface area contributed by atoms with E-state index in [1.165, 1.54) is 12.8 Å². The van der Waals surface area contributed by atoms with E-state index in [0.717, 1.165) is 32.0 Å². The lowest BCUT2D eigenvalue weighted by atomic mass is 10.0. The van der Waals surface area contributed by atoms with E-state index in [1.807, 2.05) is 13.8 Å². The molecule has 3 rings (SSSR count). The van der Waals surface area contributed by atoms with Crippen LogP contribution in [0.4, 0.5) is 10.5 Å². The van der Waals surface area contributed by atoms with Gasteiger partial charge in [0.05, 0.1) is 0 Å². The highest BCUT2D eigenvalue weighted by Gasteiger charge is 2.32. The summed E-state index contributed by atoms with van der Waals surface area (Å²) in [5.41, 5.74) is 1.30. The number of benzene rings is 1. The van der Waals surface area contributed by atoms with Gasteiger partial charge in [-0.15, -0.1) is 0 Å². The number of carbonyl (C=O) groups is 2. The third-order valence-electron chi connectivity index (χ3n) is 4.75. The fourth-order valence-electron chi connectivity index (χ4n) is 3.25. The lowest BCUT2D eigenvalue weighted by molar-refractivity contribution is 0.0909. The summed E-state index contributed by atoms with van der Waals surface area (Å²) >= 11 is 0. The molecule has 1 aliphatic carbocycles. The second-order valence-electron chi connectivity index (χ2n) is 7.35. The molecule has 0 aromatic heterocycles. The molecule has 0 spiro atoms. The summed E-state index contributed by atoms with van der Waals surface area (Å²) in [4.78, 5) is 26.6. The summed E-state index contributed by atoms with van der Waals surface area (Å²) in [5.74, 6) is -0.0388. The first-order valence-corrected chi connectivity index (χ1v) is 9.24. The van der Waals surface area contributed by atoms with Crippen LogP contribution in [0.3, 0.4) is 0 Å². The van der Waals surface area contributed by atoms with Gasteiger partial charge in [0.2, 0.25) is 0 Å². The molecule has 1 saturated heterocycles. The average molecular weight is 344 g/mol. The molecule has 3 N–H and O–H groups in total. The van der Waals surface area contributed by atoms with Crippen molar-refractivity contribution in [2.75, 3.05) is 18.4 Å². The normalized spacial score (nSPS) is 18.8. The van der Waals surface area contributed by atoms with Crippen LogP contribution in [0.1, 0.15) is 49.9 Å². The maximum atomic E-state index is 12.4. The Morgan fingerprint density at radius 1 is 1.04 bits per heavy atom. The van der Waals surface area contributed by atoms with Crippen LogP contribution in [0.25, 0.3) is 0 Å². The van der Waals surface area contributed by atoms with Crippen molar-refractivity contribution in [2.45, 2.75) is 57.7 Å². The molecule has 6 nitrogen and oxygen atoms in total. The van der Waals surface area contributed by atoms with Crippen molar-refractivity contribution < 1.29 is 9.59 Å². The zero-order valence-electron chi connectivity index (χ0n) is 15.0. The minimum atomic E-state index is -0.241. The van der Waals surface area contributed by atoms with Gasteiger partial charge in [-0.25, -0.2) is 4.79 Å². The number of carbonyl (C=O) groups excluding carboxylic acids is 2. The maximum Gasteiger partial charge on any atom is 0.319 e. The molecular formula is C19H28N4O2. The molecule has 1 aromatic rings. The Balaban J connectivity index is 1.46. The van der Waals surface area contributed by atoms with Crippen LogP contribution in [-0.4, -0.2) is 48.1 Å². The number of nitrogens with zero attached hydrogens (tertiary/aromatic N) is 1. The third-order valence-corrected chi connectivity index (χ3v) is 4.75. The minimum absolute atomic E-state index is 0.0388. The van der Waals surface area contributed by atoms with E-state index >= 15 is 0 Å². The van der Waals surface area contributed by atoms with Crippen LogP contribution in [0, 0.1) is 0 Å². The molecule has 0 atom stereocenters. The van der Waals surface area contributed by atoms with Crippen molar-refractivity contribution in [3.63, 3.8) is 0 Å². The van der Waals surface area contributed by atoms with Gasteiger partial charge in [-0.05, 0) is 63.8 Å². The molecule has 0 unspecified atom stereocenters. The summed E-state index contributed by atoms with van der Waals surface area (Å²) in [6.45, 7) is 5.98. The number of hydrogen-bond acceptors (Lipinski definition) is 3. The van der Waals surface area contributed by atoms with E-state index in [2.05, 4.69) is 20.9 Å². The Kier molecular flexibility index (Phi) is 5.58. The number of amides is 3. The summed E-state index contributed by atoms with van der Waals surface area (Å²) < 4.78 is 0. The molecular weight excluding hydrogens is 316 g/mol. The van der Waals surface area contributed by atoms with Crippen LogP contribution in [0.5, 0.6) is 0 Å². The quantitative estimate of drug-likeness (QED) is 0.769. The second kappa shape index (κ2) is 7.87. The Labute approximate surface area is 149 Å². The van der Waals surface area contributed by atoms with Gasteiger partial charge in [0.15, 0.2) is 0 Å². The topological polar surface area (TPSA) is 73.5 Å². The van der Waals surface area contributed by atoms with Gasteiger partial charge >= 0.3 is 6.03 Å². The molecule has 1 aliphatic heterocycles. The molecule has 6 heteroatoms. The van der Waals surface area contributed by atoms with Crippen LogP contribution in [0.15, 0.2) is 24.3 Å². The van der Waals surface area contributed by atoms with Gasteiger partial charge in [0.25, 0.3) is 5.91 Å². The van der Waals surface area contributed by atoms with Crippen molar-refractivity contribution in [3.05, 3.63) is 29.8 Å². The highest BCUT2D eigenvalue weighted by atomic mass is 16.2. The zero-order valence-corrected chi connectivity index (χ0v) is 15.0. The van der Waals surface area contributed by atoms with Gasteiger partial charge in [0.1, 0.15) is 0 Å². The molecule has 1 aromatic carbocycles. The van der Waals surface area contributed by atoms with Gasteiger partial charge in [-0.1, -0.05) is 0 Å². The van der Waals surface area contributed by atoms with E-state index in [1.54, 1.807) is 24.3 Å². The lowest BCUT2D eigenvalue weighted by Crippen LogP contribution is -2.45. The summed E-state index contributed by atoms with van der Waals surface area (Å²) in [6.07, 6.45) is 4.73. The van der Waals surface area contributed by atoms with Crippen LogP contribution < -0.4 is 16.0 Å². The largest absolute Gasteiger partial charge is 0.349 e. The van der Waals surface area contributed by atoms with E-state index in [4.69, 9.17) is 0 Å². The Morgan fingerprint density at radius 3 is 2.24 bits per heavy atom. The third kappa shape index (κ3) is 5.19. The van der Waals surface area contributed by atoms with E-state index in [0.29, 0.717) is 11.3 Å². The van der Waals surface area contributed by atoms with Gasteiger partial charge in [0, 0.05) is 42.5 Å². The van der Waals surface area contributed by atoms with Crippen molar-refractivity contribution in [1.82, 2.24) is 15.5 Å². The van der Waals surface area contributed by atoms with Gasteiger partial charge in [-0.2, -0.15) is 0 Å². The number of rotatable bonds is 5. The van der Waals surface area contributed by atoms with Crippen molar-refractivity contribution >= 4 is 17.6 Å². The lowest BCUT2D eigenvalue weighted by Gasteiger charge is -2.32. The molecule has 25 heavy (non-hydrogen) atoms. The van der Waals surface area contributed by atoms with Crippen LogP contribution in [0.2, 0.25) is 0 Å². The standard InChI is InChI=1S/C19H28N4O2/c1-13(2)20-19(25)22-15-5-3-14(4-6-15)18(24)21-16-9-11-23(12-10-16)17-7-8-17/h3-6,13,16-17H,7-12H2,1-2H3,(H,21,24)(H2,20,22,25). The first-order valence-electron chi connectivity index (χ1n) is 9.24.